The zero-order valence-corrected chi connectivity index (χ0v) is 9.54. The van der Waals surface area contributed by atoms with Crippen molar-refractivity contribution >= 4 is 16.7 Å². The first-order valence-corrected chi connectivity index (χ1v) is 5.51. The number of nitrogen functional groups attached to an aromatic ring is 1. The number of benzene rings is 2. The first-order valence-electron chi connectivity index (χ1n) is 5.51. The molecule has 18 heavy (non-hydrogen) atoms. The maximum Gasteiger partial charge on any atom is 0.112 e. The van der Waals surface area contributed by atoms with Crippen molar-refractivity contribution in [2.75, 3.05) is 5.73 Å². The van der Waals surface area contributed by atoms with E-state index in [0.29, 0.717) is 11.3 Å². The van der Waals surface area contributed by atoms with Gasteiger partial charge < -0.3 is 5.73 Å². The van der Waals surface area contributed by atoms with Crippen molar-refractivity contribution in [2.24, 2.45) is 0 Å². The fraction of sp³-hybridized carbons (Fsp3) is 0. The Kier molecular flexibility index (Phi) is 2.24. The smallest absolute Gasteiger partial charge is 0.112 e. The summed E-state index contributed by atoms with van der Waals surface area (Å²) < 4.78 is 1.95. The number of hydrogen-bond acceptors (Lipinski definition) is 3. The van der Waals surface area contributed by atoms with Crippen LogP contribution in [0.15, 0.2) is 48.8 Å². The van der Waals surface area contributed by atoms with Crippen molar-refractivity contribution in [1.29, 1.82) is 5.26 Å². The highest BCUT2D eigenvalue weighted by atomic mass is 15.1. The summed E-state index contributed by atoms with van der Waals surface area (Å²) in [4.78, 5) is 4.31. The van der Waals surface area contributed by atoms with Crippen LogP contribution in [0.3, 0.4) is 0 Å². The largest absolute Gasteiger partial charge is 0.397 e. The minimum atomic E-state index is 0.641. The quantitative estimate of drug-likeness (QED) is 0.658. The van der Waals surface area contributed by atoms with Gasteiger partial charge >= 0.3 is 0 Å². The molecule has 0 amide bonds. The van der Waals surface area contributed by atoms with Gasteiger partial charge in [-0.05, 0) is 36.4 Å². The Balaban J connectivity index is 2.20. The lowest BCUT2D eigenvalue weighted by Gasteiger charge is -2.04. The molecule has 0 bridgehead atoms. The zero-order valence-electron chi connectivity index (χ0n) is 9.54. The summed E-state index contributed by atoms with van der Waals surface area (Å²) in [6.45, 7) is 0. The number of nitriles is 1. The maximum atomic E-state index is 8.78. The summed E-state index contributed by atoms with van der Waals surface area (Å²) in [5.74, 6) is 0. The molecule has 0 spiro atoms. The fourth-order valence-electron chi connectivity index (χ4n) is 1.96. The Bertz CT molecular complexity index is 748. The third kappa shape index (κ3) is 1.50. The molecular weight excluding hydrogens is 224 g/mol. The zero-order chi connectivity index (χ0) is 12.5. The molecular formula is C14H10N4. The summed E-state index contributed by atoms with van der Waals surface area (Å²) in [6, 6.07) is 15.2. The van der Waals surface area contributed by atoms with E-state index in [2.05, 4.69) is 11.1 Å². The lowest BCUT2D eigenvalue weighted by molar-refractivity contribution is 1.09. The van der Waals surface area contributed by atoms with Gasteiger partial charge in [-0.15, -0.1) is 0 Å². The highest BCUT2D eigenvalue weighted by Crippen LogP contribution is 2.22. The molecule has 1 heterocycles. The van der Waals surface area contributed by atoms with Crippen LogP contribution in [0, 0.1) is 11.3 Å². The normalized spacial score (nSPS) is 10.4. The molecule has 0 unspecified atom stereocenters. The van der Waals surface area contributed by atoms with Crippen molar-refractivity contribution in [3.8, 4) is 11.8 Å². The van der Waals surface area contributed by atoms with Crippen molar-refractivity contribution in [3.63, 3.8) is 0 Å². The number of hydrogen-bond donors (Lipinski definition) is 1. The van der Waals surface area contributed by atoms with Crippen LogP contribution < -0.4 is 5.73 Å². The van der Waals surface area contributed by atoms with E-state index in [0.717, 1.165) is 16.7 Å². The van der Waals surface area contributed by atoms with Crippen molar-refractivity contribution in [2.45, 2.75) is 0 Å². The highest BCUT2D eigenvalue weighted by Gasteiger charge is 2.06. The van der Waals surface area contributed by atoms with Gasteiger partial charge in [0.2, 0.25) is 0 Å². The van der Waals surface area contributed by atoms with Crippen LogP contribution in [0.1, 0.15) is 5.56 Å². The van der Waals surface area contributed by atoms with Gasteiger partial charge in [0, 0.05) is 5.69 Å². The standard InChI is InChI=1S/C14H10N4/c15-8-10-4-6-11(7-5-10)18-9-17-14-12(16)2-1-3-13(14)18/h1-7,9H,16H2. The topological polar surface area (TPSA) is 67.6 Å². The van der Waals surface area contributed by atoms with Crippen molar-refractivity contribution in [1.82, 2.24) is 9.55 Å². The van der Waals surface area contributed by atoms with Gasteiger partial charge in [0.25, 0.3) is 0 Å². The molecule has 1 aromatic heterocycles. The summed E-state index contributed by atoms with van der Waals surface area (Å²) in [5.41, 5.74) is 9.89. The Hall–Kier alpha value is -2.80. The number of anilines is 1. The highest BCUT2D eigenvalue weighted by molar-refractivity contribution is 5.88. The predicted octanol–water partition coefficient (Wildman–Crippen LogP) is 2.48. The van der Waals surface area contributed by atoms with E-state index in [-0.39, 0.29) is 0 Å². The van der Waals surface area contributed by atoms with Gasteiger partial charge in [-0.25, -0.2) is 4.98 Å². The van der Waals surface area contributed by atoms with Crippen LogP contribution in [0.25, 0.3) is 16.7 Å². The first kappa shape index (κ1) is 10.4. The predicted molar refractivity (Wildman–Crippen MR) is 70.2 cm³/mol. The third-order valence-corrected chi connectivity index (χ3v) is 2.88. The van der Waals surface area contributed by atoms with Crippen LogP contribution in [-0.4, -0.2) is 9.55 Å². The van der Waals surface area contributed by atoms with Gasteiger partial charge in [-0.2, -0.15) is 5.26 Å². The summed E-state index contributed by atoms with van der Waals surface area (Å²) in [5, 5.41) is 8.78. The number of para-hydroxylation sites is 1. The van der Waals surface area contributed by atoms with Gasteiger partial charge in [0.1, 0.15) is 11.8 Å². The van der Waals surface area contributed by atoms with Crippen molar-refractivity contribution in [3.05, 3.63) is 54.4 Å². The monoisotopic (exact) mass is 234 g/mol. The third-order valence-electron chi connectivity index (χ3n) is 2.88. The molecule has 4 heteroatoms. The van der Waals surface area contributed by atoms with Gasteiger partial charge in [0.05, 0.1) is 22.8 Å². The maximum absolute atomic E-state index is 8.78. The molecule has 0 saturated carbocycles. The molecule has 0 atom stereocenters. The van der Waals surface area contributed by atoms with E-state index in [1.165, 1.54) is 0 Å². The van der Waals surface area contributed by atoms with E-state index in [4.69, 9.17) is 11.0 Å². The van der Waals surface area contributed by atoms with Crippen molar-refractivity contribution < 1.29 is 0 Å². The second-order valence-corrected chi connectivity index (χ2v) is 3.99. The second-order valence-electron chi connectivity index (χ2n) is 3.99. The van der Waals surface area contributed by atoms with E-state index >= 15 is 0 Å². The molecule has 2 aromatic carbocycles. The molecule has 0 aliphatic carbocycles. The van der Waals surface area contributed by atoms with Crippen LogP contribution in [0.4, 0.5) is 5.69 Å². The Morgan fingerprint density at radius 2 is 1.89 bits per heavy atom. The Morgan fingerprint density at radius 3 is 2.61 bits per heavy atom. The van der Waals surface area contributed by atoms with Gasteiger partial charge in [0.15, 0.2) is 0 Å². The van der Waals surface area contributed by atoms with Crippen LogP contribution in [-0.2, 0) is 0 Å². The average Bonchev–Trinajstić information content (AvgIpc) is 2.84. The number of nitrogens with zero attached hydrogens (tertiary/aromatic N) is 3. The van der Waals surface area contributed by atoms with E-state index < -0.39 is 0 Å². The molecule has 2 N–H and O–H groups in total. The van der Waals surface area contributed by atoms with Crippen LogP contribution in [0.5, 0.6) is 0 Å². The lowest BCUT2D eigenvalue weighted by Crippen LogP contribution is -1.92. The molecule has 0 aliphatic rings. The first-order chi connectivity index (χ1) is 8.79. The molecule has 4 nitrogen and oxygen atoms in total. The lowest BCUT2D eigenvalue weighted by atomic mass is 10.2. The van der Waals surface area contributed by atoms with E-state index in [1.807, 2.05) is 34.9 Å². The number of rotatable bonds is 1. The van der Waals surface area contributed by atoms with E-state index in [1.54, 1.807) is 18.5 Å². The average molecular weight is 234 g/mol. The molecule has 0 saturated heterocycles. The number of imidazole rings is 1. The number of nitrogens with two attached hydrogens (primary N) is 1. The molecule has 0 fully saturated rings. The molecule has 0 aliphatic heterocycles. The van der Waals surface area contributed by atoms with Crippen LogP contribution in [0.2, 0.25) is 0 Å². The second kappa shape index (κ2) is 3.90. The molecule has 3 rings (SSSR count). The Morgan fingerprint density at radius 1 is 1.11 bits per heavy atom. The molecule has 0 radical (unpaired) electrons. The summed E-state index contributed by atoms with van der Waals surface area (Å²) >= 11 is 0. The van der Waals surface area contributed by atoms with Crippen LogP contribution >= 0.6 is 0 Å². The SMILES string of the molecule is N#Cc1ccc(-n2cnc3c(N)cccc32)cc1. The minimum Gasteiger partial charge on any atom is -0.397 e. The molecule has 86 valence electrons. The summed E-state index contributed by atoms with van der Waals surface area (Å²) in [6.07, 6.45) is 1.74. The number of aromatic nitrogens is 2. The molecule has 3 aromatic rings. The van der Waals surface area contributed by atoms with Gasteiger partial charge in [-0.1, -0.05) is 6.07 Å². The Labute approximate surface area is 104 Å². The van der Waals surface area contributed by atoms with E-state index in [9.17, 15) is 0 Å². The minimum absolute atomic E-state index is 0.641. The number of fused-ring (bicyclic) bond motifs is 1. The fourth-order valence-corrected chi connectivity index (χ4v) is 1.96. The van der Waals surface area contributed by atoms with Gasteiger partial charge in [-0.3, -0.25) is 4.57 Å². The summed E-state index contributed by atoms with van der Waals surface area (Å²) in [7, 11) is 0.